The van der Waals surface area contributed by atoms with Crippen LogP contribution in [0.25, 0.3) is 0 Å². The number of amides is 1. The van der Waals surface area contributed by atoms with Crippen LogP contribution >= 0.6 is 67.8 Å². The molecule has 1 aromatic rings. The number of nitrogens with one attached hydrogen (secondary N) is 1. The van der Waals surface area contributed by atoms with Gasteiger partial charge in [0.25, 0.3) is 5.91 Å². The Bertz CT molecular complexity index is 474. The van der Waals surface area contributed by atoms with Crippen LogP contribution in [0.4, 0.5) is 0 Å². The molecule has 0 bridgehead atoms. The number of carbonyl (C=O) groups is 2. The zero-order valence-corrected chi connectivity index (χ0v) is 14.4. The van der Waals surface area contributed by atoms with Gasteiger partial charge in [-0.15, -0.1) is 0 Å². The summed E-state index contributed by atoms with van der Waals surface area (Å²) in [6.07, 6.45) is 0. The molecule has 1 amide bonds. The summed E-state index contributed by atoms with van der Waals surface area (Å²) in [5, 5.41) is 11.6. The minimum absolute atomic E-state index is 0.181. The van der Waals surface area contributed by atoms with E-state index >= 15 is 0 Å². The summed E-state index contributed by atoms with van der Waals surface area (Å²) in [6.45, 7) is 0. The van der Waals surface area contributed by atoms with Gasteiger partial charge in [-0.2, -0.15) is 0 Å². The van der Waals surface area contributed by atoms with Crippen molar-refractivity contribution in [3.05, 3.63) is 27.9 Å². The summed E-state index contributed by atoms with van der Waals surface area (Å²) >= 11 is 5.88. The first kappa shape index (κ1) is 14.4. The summed E-state index contributed by atoms with van der Waals surface area (Å²) in [5.41, 5.74) is 0.599. The molecule has 16 heavy (non-hydrogen) atoms. The second-order valence-electron chi connectivity index (χ2n) is 2.79. The summed E-state index contributed by atoms with van der Waals surface area (Å²) in [7, 11) is 1.52. The zero-order valence-electron chi connectivity index (χ0n) is 7.97. The molecule has 0 atom stereocenters. The molecule has 1 rings (SSSR count). The molecule has 0 saturated carbocycles. The first-order valence-corrected chi connectivity index (χ1v) is 7.26. The van der Waals surface area contributed by atoms with E-state index in [2.05, 4.69) is 5.32 Å². The maximum absolute atomic E-state index is 11.6. The fraction of sp³-hybridized carbons (Fsp3) is 0.111. The Morgan fingerprint density at radius 1 is 1.19 bits per heavy atom. The van der Waals surface area contributed by atoms with Gasteiger partial charge >= 0.3 is 5.97 Å². The van der Waals surface area contributed by atoms with Gasteiger partial charge in [0, 0.05) is 17.8 Å². The second-order valence-corrected chi connectivity index (χ2v) is 6.19. The van der Waals surface area contributed by atoms with Crippen LogP contribution in [0.2, 0.25) is 0 Å². The molecule has 0 heterocycles. The van der Waals surface area contributed by atoms with Crippen LogP contribution in [0.1, 0.15) is 20.7 Å². The fourth-order valence-corrected chi connectivity index (χ4v) is 5.44. The van der Waals surface area contributed by atoms with E-state index in [0.717, 1.165) is 3.57 Å². The molecule has 1 aromatic carbocycles. The third kappa shape index (κ3) is 2.78. The Hall–Kier alpha value is 0.350. The summed E-state index contributed by atoms with van der Waals surface area (Å²) in [6, 6.07) is 1.69. The number of hydrogen-bond donors (Lipinski definition) is 2. The van der Waals surface area contributed by atoms with Crippen molar-refractivity contribution in [3.63, 3.8) is 0 Å². The number of aromatic carboxylic acids is 1. The fourth-order valence-electron chi connectivity index (χ4n) is 1.12. The molecule has 0 radical (unpaired) electrons. The smallest absolute Gasteiger partial charge is 0.337 e. The monoisotopic (exact) mass is 557 g/mol. The quantitative estimate of drug-likeness (QED) is 0.551. The Morgan fingerprint density at radius 2 is 1.69 bits per heavy atom. The molecular formula is C9H6I3NO3. The Morgan fingerprint density at radius 3 is 2.12 bits per heavy atom. The predicted molar refractivity (Wildman–Crippen MR) is 84.9 cm³/mol. The van der Waals surface area contributed by atoms with Crippen molar-refractivity contribution in [2.45, 2.75) is 0 Å². The normalized spacial score (nSPS) is 10.0. The van der Waals surface area contributed by atoms with Crippen LogP contribution in [0.3, 0.4) is 0 Å². The van der Waals surface area contributed by atoms with E-state index in [4.69, 9.17) is 5.11 Å². The number of hydrogen-bond acceptors (Lipinski definition) is 2. The highest BCUT2D eigenvalue weighted by Gasteiger charge is 2.22. The van der Waals surface area contributed by atoms with Crippen LogP contribution in [-0.4, -0.2) is 24.0 Å². The average Bonchev–Trinajstić information content (AvgIpc) is 2.15. The van der Waals surface area contributed by atoms with Crippen LogP contribution in [-0.2, 0) is 0 Å². The molecule has 2 N–H and O–H groups in total. The van der Waals surface area contributed by atoms with Gasteiger partial charge in [0.1, 0.15) is 0 Å². The topological polar surface area (TPSA) is 66.4 Å². The van der Waals surface area contributed by atoms with Gasteiger partial charge in [0.15, 0.2) is 0 Å². The third-order valence-electron chi connectivity index (χ3n) is 1.84. The van der Waals surface area contributed by atoms with Gasteiger partial charge in [0.2, 0.25) is 0 Å². The zero-order chi connectivity index (χ0) is 12.5. The molecule has 0 saturated heterocycles. The molecule has 0 unspecified atom stereocenters. The molecule has 0 aromatic heterocycles. The molecule has 86 valence electrons. The lowest BCUT2D eigenvalue weighted by atomic mass is 10.1. The van der Waals surface area contributed by atoms with Gasteiger partial charge in [-0.25, -0.2) is 4.79 Å². The molecule has 0 spiro atoms. The van der Waals surface area contributed by atoms with Crippen LogP contribution in [0.5, 0.6) is 0 Å². The van der Waals surface area contributed by atoms with Crippen molar-refractivity contribution in [2.75, 3.05) is 7.05 Å². The number of halogens is 3. The molecular weight excluding hydrogens is 551 g/mol. The highest BCUT2D eigenvalue weighted by atomic mass is 127. The summed E-state index contributed by atoms with van der Waals surface area (Å²) < 4.78 is 1.85. The summed E-state index contributed by atoms with van der Waals surface area (Å²) in [5.74, 6) is -1.29. The van der Waals surface area contributed by atoms with Crippen molar-refractivity contribution in [2.24, 2.45) is 0 Å². The maximum atomic E-state index is 11.6. The van der Waals surface area contributed by atoms with E-state index in [1.165, 1.54) is 7.05 Å². The number of benzene rings is 1. The minimum atomic E-state index is -1.02. The molecule has 7 heteroatoms. The van der Waals surface area contributed by atoms with Gasteiger partial charge < -0.3 is 10.4 Å². The number of rotatable bonds is 2. The minimum Gasteiger partial charge on any atom is -0.478 e. The van der Waals surface area contributed by atoms with E-state index in [0.29, 0.717) is 12.7 Å². The SMILES string of the molecule is CNC(=O)c1c(I)cc(I)c(C(=O)O)c1I. The first-order valence-electron chi connectivity index (χ1n) is 4.03. The third-order valence-corrected chi connectivity index (χ3v) is 4.62. The van der Waals surface area contributed by atoms with E-state index in [1.54, 1.807) is 6.07 Å². The van der Waals surface area contributed by atoms with Gasteiger partial charge in [-0.05, 0) is 73.8 Å². The highest BCUT2D eigenvalue weighted by molar-refractivity contribution is 14.1. The molecule has 0 aliphatic rings. The number of carboxylic acids is 1. The van der Waals surface area contributed by atoms with Crippen molar-refractivity contribution in [1.82, 2.24) is 5.32 Å². The van der Waals surface area contributed by atoms with Crippen molar-refractivity contribution >= 4 is 79.6 Å². The lowest BCUT2D eigenvalue weighted by Gasteiger charge is -2.10. The van der Waals surface area contributed by atoms with Crippen LogP contribution < -0.4 is 5.32 Å². The molecule has 0 aliphatic carbocycles. The van der Waals surface area contributed by atoms with E-state index in [-0.39, 0.29) is 11.5 Å². The maximum Gasteiger partial charge on any atom is 0.337 e. The summed E-state index contributed by atoms with van der Waals surface area (Å²) in [4.78, 5) is 22.7. The van der Waals surface area contributed by atoms with E-state index < -0.39 is 5.97 Å². The lowest BCUT2D eigenvalue weighted by Crippen LogP contribution is -2.22. The van der Waals surface area contributed by atoms with E-state index in [9.17, 15) is 9.59 Å². The lowest BCUT2D eigenvalue weighted by molar-refractivity contribution is 0.0694. The molecule has 0 fully saturated rings. The van der Waals surface area contributed by atoms with Crippen molar-refractivity contribution in [1.29, 1.82) is 0 Å². The molecule has 0 aliphatic heterocycles. The largest absolute Gasteiger partial charge is 0.478 e. The molecule has 4 nitrogen and oxygen atoms in total. The van der Waals surface area contributed by atoms with Gasteiger partial charge in [-0.1, -0.05) is 0 Å². The van der Waals surface area contributed by atoms with Gasteiger partial charge in [0.05, 0.1) is 11.1 Å². The van der Waals surface area contributed by atoms with Crippen LogP contribution in [0, 0.1) is 10.7 Å². The Balaban J connectivity index is 3.57. The second kappa shape index (κ2) is 5.80. The Kier molecular flexibility index (Phi) is 5.22. The Labute approximate surface area is 133 Å². The standard InChI is InChI=1S/C9H6I3NO3/c1-13-8(14)5-3(10)2-4(11)6(7(5)12)9(15)16/h2H,1H3,(H,13,14)(H,15,16). The number of carbonyl (C=O) groups excluding carboxylic acids is 1. The van der Waals surface area contributed by atoms with E-state index in [1.807, 2.05) is 67.8 Å². The first-order chi connectivity index (χ1) is 7.40. The van der Waals surface area contributed by atoms with Crippen molar-refractivity contribution in [3.8, 4) is 0 Å². The number of carboxylic acid groups (broad SMARTS) is 1. The highest BCUT2D eigenvalue weighted by Crippen LogP contribution is 2.27. The van der Waals surface area contributed by atoms with Crippen LogP contribution in [0.15, 0.2) is 6.07 Å². The van der Waals surface area contributed by atoms with Gasteiger partial charge in [-0.3, -0.25) is 4.79 Å². The predicted octanol–water partition coefficient (Wildman–Crippen LogP) is 2.56. The average molecular weight is 557 g/mol. The van der Waals surface area contributed by atoms with Crippen molar-refractivity contribution < 1.29 is 14.7 Å².